The van der Waals surface area contributed by atoms with E-state index in [0.717, 1.165) is 29.7 Å². The van der Waals surface area contributed by atoms with Gasteiger partial charge in [-0.2, -0.15) is 9.36 Å². The first-order valence-corrected chi connectivity index (χ1v) is 9.41. The molecule has 0 fully saturated rings. The van der Waals surface area contributed by atoms with Crippen LogP contribution in [0.25, 0.3) is 17.2 Å². The number of hydrogen-bond acceptors (Lipinski definition) is 7. The summed E-state index contributed by atoms with van der Waals surface area (Å²) in [6, 6.07) is 9.65. The summed E-state index contributed by atoms with van der Waals surface area (Å²) < 4.78 is 38.0. The molecule has 0 saturated heterocycles. The summed E-state index contributed by atoms with van der Waals surface area (Å²) in [5.41, 5.74) is 1.07. The third-order valence-corrected chi connectivity index (χ3v) is 4.87. The second-order valence-corrected chi connectivity index (χ2v) is 6.89. The van der Waals surface area contributed by atoms with Crippen molar-refractivity contribution < 1.29 is 18.3 Å². The molecule has 0 radical (unpaired) electrons. The summed E-state index contributed by atoms with van der Waals surface area (Å²) in [6.45, 7) is 1.64. The molecule has 0 unspecified atom stereocenters. The highest BCUT2D eigenvalue weighted by molar-refractivity contribution is 7.10. The third-order valence-electron chi connectivity index (χ3n) is 4.24. The van der Waals surface area contributed by atoms with Gasteiger partial charge in [-0.3, -0.25) is 10.1 Å². The molecule has 4 rings (SSSR count). The van der Waals surface area contributed by atoms with Crippen LogP contribution in [0.4, 0.5) is 13.9 Å². The molecule has 152 valence electrons. The fraction of sp³-hybridized carbons (Fsp3) is 0.105. The molecule has 2 aromatic carbocycles. The van der Waals surface area contributed by atoms with Gasteiger partial charge in [-0.05, 0) is 43.3 Å². The van der Waals surface area contributed by atoms with E-state index in [0.29, 0.717) is 22.7 Å². The summed E-state index contributed by atoms with van der Waals surface area (Å²) in [4.78, 5) is 16.6. The van der Waals surface area contributed by atoms with Crippen molar-refractivity contribution in [2.75, 3.05) is 12.4 Å². The van der Waals surface area contributed by atoms with Gasteiger partial charge < -0.3 is 4.74 Å². The first kappa shape index (κ1) is 19.6. The Kier molecular flexibility index (Phi) is 5.19. The topological polar surface area (TPSA) is 94.8 Å². The number of halogens is 2. The number of carbonyl (C=O) groups is 1. The number of aromatic nitrogens is 5. The number of anilines is 1. The third kappa shape index (κ3) is 3.74. The number of methoxy groups -OCH3 is 1. The van der Waals surface area contributed by atoms with Crippen LogP contribution in [0.1, 0.15) is 16.1 Å². The number of carbonyl (C=O) groups excluding carboxylic acids is 1. The van der Waals surface area contributed by atoms with Gasteiger partial charge in [0.15, 0.2) is 11.5 Å². The Morgan fingerprint density at radius 3 is 2.67 bits per heavy atom. The van der Waals surface area contributed by atoms with Crippen LogP contribution in [0.2, 0.25) is 0 Å². The highest BCUT2D eigenvalue weighted by Gasteiger charge is 2.19. The summed E-state index contributed by atoms with van der Waals surface area (Å²) >= 11 is 0.966. The molecule has 0 atom stereocenters. The Labute approximate surface area is 173 Å². The van der Waals surface area contributed by atoms with Crippen LogP contribution in [-0.4, -0.2) is 37.4 Å². The maximum absolute atomic E-state index is 14.1. The van der Waals surface area contributed by atoms with E-state index in [4.69, 9.17) is 4.74 Å². The maximum Gasteiger partial charge on any atom is 0.257 e. The Morgan fingerprint density at radius 2 is 1.93 bits per heavy atom. The molecule has 0 spiro atoms. The lowest BCUT2D eigenvalue weighted by Gasteiger charge is -2.04. The van der Waals surface area contributed by atoms with Crippen LogP contribution in [0, 0.1) is 18.6 Å². The van der Waals surface area contributed by atoms with E-state index in [1.807, 2.05) is 0 Å². The van der Waals surface area contributed by atoms with E-state index >= 15 is 0 Å². The first-order chi connectivity index (χ1) is 14.5. The molecule has 0 aliphatic rings. The van der Waals surface area contributed by atoms with E-state index in [9.17, 15) is 13.6 Å². The fourth-order valence-electron chi connectivity index (χ4n) is 2.69. The zero-order valence-corrected chi connectivity index (χ0v) is 16.6. The van der Waals surface area contributed by atoms with Crippen LogP contribution in [0.15, 0.2) is 42.5 Å². The molecule has 4 aromatic rings. The molecule has 1 amide bonds. The predicted octanol–water partition coefficient (Wildman–Crippen LogP) is 3.63. The minimum Gasteiger partial charge on any atom is -0.497 e. The molecular formula is C19H14F2N6O2S. The van der Waals surface area contributed by atoms with Crippen LogP contribution < -0.4 is 10.1 Å². The minimum atomic E-state index is -0.644. The van der Waals surface area contributed by atoms with Crippen molar-refractivity contribution in [3.63, 3.8) is 0 Å². The van der Waals surface area contributed by atoms with Crippen molar-refractivity contribution in [2.45, 2.75) is 6.92 Å². The molecule has 0 aliphatic heterocycles. The molecule has 11 heteroatoms. The number of ether oxygens (including phenoxy) is 1. The Morgan fingerprint density at radius 1 is 1.17 bits per heavy atom. The van der Waals surface area contributed by atoms with Crippen molar-refractivity contribution in [3.05, 3.63) is 65.4 Å². The van der Waals surface area contributed by atoms with Crippen molar-refractivity contribution in [1.29, 1.82) is 0 Å². The number of nitrogens with one attached hydrogen (secondary N) is 1. The number of amides is 1. The number of benzene rings is 2. The normalized spacial score (nSPS) is 10.8. The number of hydrogen-bond donors (Lipinski definition) is 1. The predicted molar refractivity (Wildman–Crippen MR) is 106 cm³/mol. The van der Waals surface area contributed by atoms with E-state index in [-0.39, 0.29) is 22.6 Å². The van der Waals surface area contributed by atoms with Crippen molar-refractivity contribution >= 4 is 22.6 Å². The highest BCUT2D eigenvalue weighted by Crippen LogP contribution is 2.25. The van der Waals surface area contributed by atoms with E-state index in [1.54, 1.807) is 38.3 Å². The molecule has 0 saturated carbocycles. The van der Waals surface area contributed by atoms with Crippen molar-refractivity contribution in [1.82, 2.24) is 24.4 Å². The Hall–Kier alpha value is -3.73. The van der Waals surface area contributed by atoms with Crippen molar-refractivity contribution in [3.8, 4) is 23.0 Å². The Bertz CT molecular complexity index is 1220. The quantitative estimate of drug-likeness (QED) is 0.522. The number of nitrogens with zero attached hydrogens (tertiary/aromatic N) is 5. The first-order valence-electron chi connectivity index (χ1n) is 8.63. The minimum absolute atomic E-state index is 0.0745. The van der Waals surface area contributed by atoms with Gasteiger partial charge >= 0.3 is 0 Å². The van der Waals surface area contributed by atoms with Gasteiger partial charge in [0.2, 0.25) is 5.13 Å². The Balaban J connectivity index is 1.56. The summed E-state index contributed by atoms with van der Waals surface area (Å²) in [5.74, 6) is -0.751. The van der Waals surface area contributed by atoms with Gasteiger partial charge in [0.1, 0.15) is 23.1 Å². The second-order valence-electron chi connectivity index (χ2n) is 6.14. The van der Waals surface area contributed by atoms with Gasteiger partial charge in [0, 0.05) is 23.2 Å². The van der Waals surface area contributed by atoms with E-state index in [2.05, 4.69) is 25.0 Å². The van der Waals surface area contributed by atoms with Gasteiger partial charge in [-0.1, -0.05) is 5.21 Å². The molecule has 1 N–H and O–H groups in total. The molecule has 30 heavy (non-hydrogen) atoms. The monoisotopic (exact) mass is 428 g/mol. The fourth-order valence-corrected chi connectivity index (χ4v) is 3.26. The molecule has 8 nitrogen and oxygen atoms in total. The van der Waals surface area contributed by atoms with Crippen LogP contribution >= 0.6 is 11.5 Å². The number of rotatable bonds is 5. The van der Waals surface area contributed by atoms with E-state index < -0.39 is 11.6 Å². The average Bonchev–Trinajstić information content (AvgIpc) is 3.36. The molecule has 2 aromatic heterocycles. The lowest BCUT2D eigenvalue weighted by Crippen LogP contribution is -2.11. The zero-order chi connectivity index (χ0) is 21.3. The maximum atomic E-state index is 14.1. The summed E-state index contributed by atoms with van der Waals surface area (Å²) in [7, 11) is 1.54. The van der Waals surface area contributed by atoms with Crippen LogP contribution in [0.3, 0.4) is 0 Å². The van der Waals surface area contributed by atoms with Crippen molar-refractivity contribution in [2.24, 2.45) is 0 Å². The van der Waals surface area contributed by atoms with Gasteiger partial charge in [-0.15, -0.1) is 5.10 Å². The summed E-state index contributed by atoms with van der Waals surface area (Å²) in [6.07, 6.45) is 0. The molecular weight excluding hydrogens is 414 g/mol. The van der Waals surface area contributed by atoms with Gasteiger partial charge in [0.05, 0.1) is 12.8 Å². The lowest BCUT2D eigenvalue weighted by atomic mass is 10.2. The largest absolute Gasteiger partial charge is 0.497 e. The SMILES string of the molecule is COc1ccc(C(=O)Nc2nc(-c3nnn(-c4cc(F)ccc4F)c3C)ns2)cc1. The highest BCUT2D eigenvalue weighted by atomic mass is 32.1. The zero-order valence-electron chi connectivity index (χ0n) is 15.8. The molecule has 0 bridgehead atoms. The summed E-state index contributed by atoms with van der Waals surface area (Å²) in [5, 5.41) is 10.8. The molecule has 0 aliphatic carbocycles. The standard InChI is InChI=1S/C19H14F2N6O2S/c1-10-16(24-26-27(10)15-9-12(20)5-8-14(15)21)17-22-19(30-25-17)23-18(28)11-3-6-13(29-2)7-4-11/h3-9H,1-2H3,(H,22,23,25,28). The van der Waals surface area contributed by atoms with Crippen LogP contribution in [0.5, 0.6) is 5.75 Å². The second kappa shape index (κ2) is 7.95. The molecule has 2 heterocycles. The smallest absolute Gasteiger partial charge is 0.257 e. The lowest BCUT2D eigenvalue weighted by molar-refractivity contribution is 0.102. The average molecular weight is 428 g/mol. The van der Waals surface area contributed by atoms with Crippen LogP contribution in [-0.2, 0) is 0 Å². The van der Waals surface area contributed by atoms with E-state index in [1.165, 1.54) is 4.68 Å². The van der Waals surface area contributed by atoms with Gasteiger partial charge in [0.25, 0.3) is 5.91 Å². The van der Waals surface area contributed by atoms with Gasteiger partial charge in [-0.25, -0.2) is 13.5 Å².